The molecule has 1 aromatic carbocycles. The van der Waals surface area contributed by atoms with Crippen molar-refractivity contribution in [3.63, 3.8) is 0 Å². The fourth-order valence-electron chi connectivity index (χ4n) is 4.05. The van der Waals surface area contributed by atoms with Crippen molar-refractivity contribution in [3.8, 4) is 5.75 Å². The molecule has 2 heterocycles. The summed E-state index contributed by atoms with van der Waals surface area (Å²) in [5, 5.41) is 3.04. The quantitative estimate of drug-likeness (QED) is 0.814. The van der Waals surface area contributed by atoms with Crippen LogP contribution in [0.15, 0.2) is 24.3 Å². The normalized spacial score (nSPS) is 16.1. The van der Waals surface area contributed by atoms with Crippen molar-refractivity contribution in [1.82, 2.24) is 19.8 Å². The number of carbonyl (C=O) groups excluding carboxylic acids is 2. The Labute approximate surface area is 171 Å². The van der Waals surface area contributed by atoms with Gasteiger partial charge in [-0.15, -0.1) is 0 Å². The fourth-order valence-corrected chi connectivity index (χ4v) is 4.05. The van der Waals surface area contributed by atoms with E-state index in [0.717, 1.165) is 55.2 Å². The molecule has 0 spiro atoms. The molecule has 0 radical (unpaired) electrons. The van der Waals surface area contributed by atoms with E-state index in [9.17, 15) is 9.59 Å². The summed E-state index contributed by atoms with van der Waals surface area (Å²) in [7, 11) is 1.61. The van der Waals surface area contributed by atoms with Crippen LogP contribution in [0.1, 0.15) is 53.8 Å². The lowest BCUT2D eigenvalue weighted by Crippen LogP contribution is -2.37. The molecular weight excluding hydrogens is 368 g/mol. The minimum absolute atomic E-state index is 0.0157. The Hall–Kier alpha value is -2.83. The highest BCUT2D eigenvalue weighted by Gasteiger charge is 2.28. The molecule has 1 N–H and O–H groups in total. The summed E-state index contributed by atoms with van der Waals surface area (Å²) in [6, 6.07) is 7.22. The molecule has 2 aromatic rings. The van der Waals surface area contributed by atoms with Gasteiger partial charge in [0.1, 0.15) is 11.6 Å². The highest BCUT2D eigenvalue weighted by atomic mass is 16.5. The van der Waals surface area contributed by atoms with Crippen molar-refractivity contribution in [2.75, 3.05) is 13.7 Å². The number of aromatic nitrogens is 2. The van der Waals surface area contributed by atoms with Gasteiger partial charge in [-0.05, 0) is 44.0 Å². The van der Waals surface area contributed by atoms with Gasteiger partial charge in [-0.25, -0.2) is 4.98 Å². The number of nitrogens with zero attached hydrogens (tertiary/aromatic N) is 3. The van der Waals surface area contributed by atoms with Gasteiger partial charge in [-0.1, -0.05) is 6.42 Å². The molecule has 1 aliphatic heterocycles. The molecule has 0 unspecified atom stereocenters. The number of imidazole rings is 1. The van der Waals surface area contributed by atoms with Crippen molar-refractivity contribution in [2.45, 2.75) is 52.2 Å². The van der Waals surface area contributed by atoms with E-state index >= 15 is 0 Å². The molecule has 7 nitrogen and oxygen atoms in total. The van der Waals surface area contributed by atoms with Gasteiger partial charge >= 0.3 is 0 Å². The number of fused-ring (bicyclic) bond motifs is 1. The van der Waals surface area contributed by atoms with Crippen LogP contribution in [0.4, 0.5) is 0 Å². The van der Waals surface area contributed by atoms with Crippen LogP contribution in [-0.4, -0.2) is 39.9 Å². The van der Waals surface area contributed by atoms with E-state index < -0.39 is 0 Å². The van der Waals surface area contributed by atoms with Crippen molar-refractivity contribution in [2.24, 2.45) is 5.92 Å². The predicted octanol–water partition coefficient (Wildman–Crippen LogP) is 2.53. The summed E-state index contributed by atoms with van der Waals surface area (Å²) < 4.78 is 7.32. The second-order valence-electron chi connectivity index (χ2n) is 7.72. The Morgan fingerprint density at radius 2 is 2.00 bits per heavy atom. The van der Waals surface area contributed by atoms with Crippen LogP contribution >= 0.6 is 0 Å². The molecular formula is C22H28N4O3. The summed E-state index contributed by atoms with van der Waals surface area (Å²) in [5.41, 5.74) is 2.77. The first kappa shape index (κ1) is 19.5. The largest absolute Gasteiger partial charge is 0.497 e. The molecule has 2 aliphatic rings. The zero-order valence-corrected chi connectivity index (χ0v) is 17.1. The zero-order chi connectivity index (χ0) is 20.4. The van der Waals surface area contributed by atoms with Gasteiger partial charge in [0.2, 0.25) is 5.91 Å². The average Bonchev–Trinajstić information content (AvgIpc) is 3.07. The number of ether oxygens (including phenoxy) is 1. The Balaban J connectivity index is 1.47. The average molecular weight is 396 g/mol. The van der Waals surface area contributed by atoms with Gasteiger partial charge in [-0.2, -0.15) is 0 Å². The number of methoxy groups -OCH3 is 1. The van der Waals surface area contributed by atoms with Gasteiger partial charge in [-0.3, -0.25) is 9.59 Å². The second kappa shape index (κ2) is 8.27. The number of hydrogen-bond acceptors (Lipinski definition) is 4. The van der Waals surface area contributed by atoms with E-state index in [0.29, 0.717) is 25.2 Å². The molecule has 29 heavy (non-hydrogen) atoms. The van der Waals surface area contributed by atoms with Crippen LogP contribution in [0.25, 0.3) is 0 Å². The molecule has 0 bridgehead atoms. The maximum Gasteiger partial charge on any atom is 0.254 e. The molecule has 1 saturated carbocycles. The highest BCUT2D eigenvalue weighted by Crippen LogP contribution is 2.27. The summed E-state index contributed by atoms with van der Waals surface area (Å²) in [6.45, 7) is 4.47. The zero-order valence-electron chi connectivity index (χ0n) is 17.1. The van der Waals surface area contributed by atoms with Crippen molar-refractivity contribution in [1.29, 1.82) is 0 Å². The summed E-state index contributed by atoms with van der Waals surface area (Å²) in [4.78, 5) is 31.8. The van der Waals surface area contributed by atoms with Gasteiger partial charge in [0.15, 0.2) is 0 Å². The smallest absolute Gasteiger partial charge is 0.254 e. The molecule has 1 aliphatic carbocycles. The fraction of sp³-hybridized carbons (Fsp3) is 0.500. The first-order valence-corrected chi connectivity index (χ1v) is 10.4. The van der Waals surface area contributed by atoms with Crippen LogP contribution in [0, 0.1) is 5.92 Å². The Morgan fingerprint density at radius 1 is 1.24 bits per heavy atom. The second-order valence-corrected chi connectivity index (χ2v) is 7.72. The van der Waals surface area contributed by atoms with Gasteiger partial charge < -0.3 is 19.5 Å². The van der Waals surface area contributed by atoms with Crippen LogP contribution in [0.2, 0.25) is 0 Å². The number of rotatable bonds is 6. The molecule has 0 saturated heterocycles. The molecule has 1 fully saturated rings. The molecule has 7 heteroatoms. The van der Waals surface area contributed by atoms with Gasteiger partial charge in [0.25, 0.3) is 5.91 Å². The van der Waals surface area contributed by atoms with E-state index in [-0.39, 0.29) is 17.7 Å². The predicted molar refractivity (Wildman–Crippen MR) is 109 cm³/mol. The van der Waals surface area contributed by atoms with Crippen molar-refractivity contribution >= 4 is 11.8 Å². The topological polar surface area (TPSA) is 76.5 Å². The monoisotopic (exact) mass is 396 g/mol. The molecule has 0 atom stereocenters. The summed E-state index contributed by atoms with van der Waals surface area (Å²) in [5.74, 6) is 1.94. The van der Waals surface area contributed by atoms with Crippen LogP contribution in [0.5, 0.6) is 5.75 Å². The van der Waals surface area contributed by atoms with Crippen molar-refractivity contribution in [3.05, 3.63) is 47.0 Å². The van der Waals surface area contributed by atoms with Gasteiger partial charge in [0.05, 0.1) is 31.6 Å². The van der Waals surface area contributed by atoms with Crippen LogP contribution in [0.3, 0.4) is 0 Å². The number of hydrogen-bond donors (Lipinski definition) is 1. The van der Waals surface area contributed by atoms with Crippen LogP contribution < -0.4 is 10.1 Å². The Kier molecular flexibility index (Phi) is 5.56. The maximum atomic E-state index is 12.9. The Bertz CT molecular complexity index is 900. The Morgan fingerprint density at radius 3 is 2.62 bits per heavy atom. The van der Waals surface area contributed by atoms with E-state index in [4.69, 9.17) is 9.72 Å². The maximum absolute atomic E-state index is 12.9. The lowest BCUT2D eigenvalue weighted by Gasteiger charge is -2.28. The molecule has 2 amide bonds. The lowest BCUT2D eigenvalue weighted by molar-refractivity contribution is -0.127. The minimum atomic E-state index is 0.0157. The minimum Gasteiger partial charge on any atom is -0.497 e. The van der Waals surface area contributed by atoms with Gasteiger partial charge in [0, 0.05) is 31.0 Å². The number of nitrogens with one attached hydrogen (secondary N) is 1. The third kappa shape index (κ3) is 3.86. The van der Waals surface area contributed by atoms with E-state index in [1.165, 1.54) is 0 Å². The molecule has 4 rings (SSSR count). The first-order valence-electron chi connectivity index (χ1n) is 10.4. The van der Waals surface area contributed by atoms with Crippen LogP contribution in [-0.2, 0) is 30.8 Å². The first-order chi connectivity index (χ1) is 14.1. The molecule has 1 aromatic heterocycles. The van der Waals surface area contributed by atoms with E-state index in [2.05, 4.69) is 16.8 Å². The third-order valence-electron chi connectivity index (χ3n) is 6.03. The van der Waals surface area contributed by atoms with E-state index in [1.807, 2.05) is 17.0 Å². The van der Waals surface area contributed by atoms with Crippen molar-refractivity contribution < 1.29 is 14.3 Å². The third-order valence-corrected chi connectivity index (χ3v) is 6.03. The number of carbonyl (C=O) groups is 2. The standard InChI is InChI=1S/C22H28N4O3/c1-3-26-19-14-25(22(28)16-7-9-17(29-2)10-8-16)12-11-18(19)24-20(26)13-23-21(27)15-5-4-6-15/h7-10,15H,3-6,11-14H2,1-2H3,(H,23,27). The summed E-state index contributed by atoms with van der Waals surface area (Å²) in [6.07, 6.45) is 3.86. The summed E-state index contributed by atoms with van der Waals surface area (Å²) >= 11 is 0. The lowest BCUT2D eigenvalue weighted by atomic mass is 9.85. The van der Waals surface area contributed by atoms with E-state index in [1.54, 1.807) is 19.2 Å². The molecule has 154 valence electrons. The number of amides is 2. The SMILES string of the molecule is CCn1c(CNC(=O)C2CCC2)nc2c1CN(C(=O)c1ccc(OC)cc1)CC2. The number of benzene rings is 1. The highest BCUT2D eigenvalue weighted by molar-refractivity contribution is 5.94.